The van der Waals surface area contributed by atoms with E-state index in [4.69, 9.17) is 4.74 Å². The summed E-state index contributed by atoms with van der Waals surface area (Å²) in [7, 11) is 0. The lowest BCUT2D eigenvalue weighted by Gasteiger charge is -2.14. The molecule has 0 saturated heterocycles. The minimum absolute atomic E-state index is 0.223. The molecule has 0 aliphatic rings. The number of carbonyl (C=O) groups excluding carboxylic acids is 1. The van der Waals surface area contributed by atoms with Crippen molar-refractivity contribution in [2.75, 3.05) is 6.61 Å². The maximum atomic E-state index is 12.2. The Labute approximate surface area is 139 Å². The summed E-state index contributed by atoms with van der Waals surface area (Å²) in [6.45, 7) is 4.87. The summed E-state index contributed by atoms with van der Waals surface area (Å²) < 4.78 is 5.48. The van der Waals surface area contributed by atoms with Gasteiger partial charge >= 0.3 is 5.97 Å². The van der Waals surface area contributed by atoms with Crippen molar-refractivity contribution in [3.05, 3.63) is 60.2 Å². The average Bonchev–Trinajstić information content (AvgIpc) is 2.62. The zero-order valence-electron chi connectivity index (χ0n) is 14.1. The van der Waals surface area contributed by atoms with E-state index >= 15 is 0 Å². The monoisotopic (exact) mass is 310 g/mol. The molecule has 122 valence electrons. The summed E-state index contributed by atoms with van der Waals surface area (Å²) in [4.78, 5) is 12.2. The molecule has 2 nitrogen and oxygen atoms in total. The highest BCUT2D eigenvalue weighted by atomic mass is 16.5. The molecule has 0 aliphatic carbocycles. The minimum Gasteiger partial charge on any atom is -0.462 e. The lowest BCUT2D eigenvalue weighted by Crippen LogP contribution is -2.14. The molecule has 2 rings (SSSR count). The third-order valence-corrected chi connectivity index (χ3v) is 4.22. The summed E-state index contributed by atoms with van der Waals surface area (Å²) in [5.41, 5.74) is 2.88. The quantitative estimate of drug-likeness (QED) is 0.582. The summed E-state index contributed by atoms with van der Waals surface area (Å²) in [6.07, 6.45) is 4.57. The Kier molecular flexibility index (Phi) is 6.86. The van der Waals surface area contributed by atoms with Crippen molar-refractivity contribution in [2.24, 2.45) is 5.92 Å². The van der Waals surface area contributed by atoms with Gasteiger partial charge in [0.2, 0.25) is 0 Å². The van der Waals surface area contributed by atoms with Crippen LogP contribution in [0.1, 0.15) is 49.9 Å². The van der Waals surface area contributed by atoms with E-state index in [1.807, 2.05) is 42.5 Å². The maximum Gasteiger partial charge on any atom is 0.338 e. The van der Waals surface area contributed by atoms with Gasteiger partial charge in [-0.05, 0) is 35.6 Å². The Bertz CT molecular complexity index is 587. The topological polar surface area (TPSA) is 26.3 Å². The van der Waals surface area contributed by atoms with E-state index < -0.39 is 0 Å². The predicted octanol–water partition coefficient (Wildman–Crippen LogP) is 5.73. The molecule has 0 aromatic heterocycles. The average molecular weight is 310 g/mol. The number of benzene rings is 2. The van der Waals surface area contributed by atoms with Crippen molar-refractivity contribution >= 4 is 5.97 Å². The summed E-state index contributed by atoms with van der Waals surface area (Å²) in [6, 6.07) is 17.8. The van der Waals surface area contributed by atoms with Crippen LogP contribution in [0.3, 0.4) is 0 Å². The summed E-state index contributed by atoms with van der Waals surface area (Å²) in [5, 5.41) is 0. The Morgan fingerprint density at radius 2 is 1.61 bits per heavy atom. The van der Waals surface area contributed by atoms with Gasteiger partial charge in [0, 0.05) is 0 Å². The molecular formula is C21H26O2. The molecule has 0 N–H and O–H groups in total. The van der Waals surface area contributed by atoms with Gasteiger partial charge in [0.1, 0.15) is 0 Å². The second-order valence-corrected chi connectivity index (χ2v) is 5.96. The van der Waals surface area contributed by atoms with Crippen LogP contribution < -0.4 is 0 Å². The van der Waals surface area contributed by atoms with Gasteiger partial charge in [-0.1, -0.05) is 75.6 Å². The molecule has 2 aromatic rings. The largest absolute Gasteiger partial charge is 0.462 e. The number of unbranched alkanes of at least 4 members (excludes halogenated alkanes) is 1. The van der Waals surface area contributed by atoms with Crippen LogP contribution in [0.25, 0.3) is 11.1 Å². The molecule has 2 aromatic carbocycles. The van der Waals surface area contributed by atoms with E-state index in [1.165, 1.54) is 12.8 Å². The molecule has 1 unspecified atom stereocenters. The van der Waals surface area contributed by atoms with E-state index in [1.54, 1.807) is 0 Å². The maximum absolute atomic E-state index is 12.2. The Morgan fingerprint density at radius 3 is 2.22 bits per heavy atom. The van der Waals surface area contributed by atoms with Crippen LogP contribution in [0.5, 0.6) is 0 Å². The number of hydrogen-bond acceptors (Lipinski definition) is 2. The molecule has 1 atom stereocenters. The molecule has 2 heteroatoms. The van der Waals surface area contributed by atoms with Gasteiger partial charge in [0.25, 0.3) is 0 Å². The van der Waals surface area contributed by atoms with E-state index in [-0.39, 0.29) is 5.97 Å². The number of rotatable bonds is 8. The van der Waals surface area contributed by atoms with Crippen molar-refractivity contribution in [3.8, 4) is 11.1 Å². The molecule has 0 radical (unpaired) electrons. The number of hydrogen-bond donors (Lipinski definition) is 0. The van der Waals surface area contributed by atoms with E-state index in [0.29, 0.717) is 18.1 Å². The van der Waals surface area contributed by atoms with Gasteiger partial charge < -0.3 is 4.74 Å². The fourth-order valence-electron chi connectivity index (χ4n) is 2.60. The van der Waals surface area contributed by atoms with Gasteiger partial charge in [-0.25, -0.2) is 4.79 Å². The lowest BCUT2D eigenvalue weighted by molar-refractivity contribution is 0.0428. The highest BCUT2D eigenvalue weighted by Gasteiger charge is 2.12. The fourth-order valence-corrected chi connectivity index (χ4v) is 2.60. The molecule has 0 amide bonds. The molecule has 23 heavy (non-hydrogen) atoms. The third kappa shape index (κ3) is 5.24. The molecule has 0 bridgehead atoms. The Morgan fingerprint density at radius 1 is 0.957 bits per heavy atom. The first-order valence-electron chi connectivity index (χ1n) is 8.57. The second kappa shape index (κ2) is 9.14. The van der Waals surface area contributed by atoms with Crippen LogP contribution in [-0.4, -0.2) is 12.6 Å². The van der Waals surface area contributed by atoms with Crippen molar-refractivity contribution in [2.45, 2.75) is 39.5 Å². The number of ether oxygens (including phenoxy) is 1. The van der Waals surface area contributed by atoms with Crippen LogP contribution in [0.4, 0.5) is 0 Å². The normalized spacial score (nSPS) is 11.9. The van der Waals surface area contributed by atoms with Crippen LogP contribution >= 0.6 is 0 Å². The van der Waals surface area contributed by atoms with E-state index in [9.17, 15) is 4.79 Å². The molecule has 0 spiro atoms. The molecular weight excluding hydrogens is 284 g/mol. The Balaban J connectivity index is 1.92. The van der Waals surface area contributed by atoms with Gasteiger partial charge in [-0.15, -0.1) is 0 Å². The molecule has 0 aliphatic heterocycles. The van der Waals surface area contributed by atoms with Crippen molar-refractivity contribution in [1.29, 1.82) is 0 Å². The SMILES string of the molecule is CCCCC(CC)COC(=O)c1ccc(-c2ccccc2)cc1. The first-order chi connectivity index (χ1) is 11.2. The van der Waals surface area contributed by atoms with Gasteiger partial charge in [-0.2, -0.15) is 0 Å². The Hall–Kier alpha value is -2.09. The van der Waals surface area contributed by atoms with Crippen LogP contribution in [0, 0.1) is 5.92 Å². The first-order valence-corrected chi connectivity index (χ1v) is 8.57. The van der Waals surface area contributed by atoms with Crippen molar-refractivity contribution in [3.63, 3.8) is 0 Å². The standard InChI is InChI=1S/C21H26O2/c1-3-5-9-17(4-2)16-23-21(22)20-14-12-19(13-15-20)18-10-7-6-8-11-18/h6-8,10-15,17H,3-5,9,16H2,1-2H3. The van der Waals surface area contributed by atoms with Gasteiger partial charge in [0.05, 0.1) is 12.2 Å². The lowest BCUT2D eigenvalue weighted by atomic mass is 10.0. The van der Waals surface area contributed by atoms with Crippen molar-refractivity contribution < 1.29 is 9.53 Å². The van der Waals surface area contributed by atoms with Gasteiger partial charge in [-0.3, -0.25) is 0 Å². The highest BCUT2D eigenvalue weighted by molar-refractivity contribution is 5.90. The number of carbonyl (C=O) groups is 1. The van der Waals surface area contributed by atoms with Crippen LogP contribution in [0.2, 0.25) is 0 Å². The fraction of sp³-hybridized carbons (Fsp3) is 0.381. The van der Waals surface area contributed by atoms with E-state index in [0.717, 1.165) is 24.0 Å². The van der Waals surface area contributed by atoms with Crippen LogP contribution in [-0.2, 0) is 4.74 Å². The number of esters is 1. The van der Waals surface area contributed by atoms with E-state index in [2.05, 4.69) is 26.0 Å². The second-order valence-electron chi connectivity index (χ2n) is 5.96. The zero-order valence-corrected chi connectivity index (χ0v) is 14.1. The third-order valence-electron chi connectivity index (χ3n) is 4.22. The summed E-state index contributed by atoms with van der Waals surface area (Å²) >= 11 is 0. The first kappa shape index (κ1) is 17.3. The highest BCUT2D eigenvalue weighted by Crippen LogP contribution is 2.20. The molecule has 0 fully saturated rings. The smallest absolute Gasteiger partial charge is 0.338 e. The van der Waals surface area contributed by atoms with Crippen LogP contribution in [0.15, 0.2) is 54.6 Å². The van der Waals surface area contributed by atoms with Crippen molar-refractivity contribution in [1.82, 2.24) is 0 Å². The molecule has 0 heterocycles. The predicted molar refractivity (Wildman–Crippen MR) is 95.5 cm³/mol. The van der Waals surface area contributed by atoms with Gasteiger partial charge in [0.15, 0.2) is 0 Å². The zero-order chi connectivity index (χ0) is 16.5. The molecule has 0 saturated carbocycles. The summed E-state index contributed by atoms with van der Waals surface area (Å²) in [5.74, 6) is 0.252. The minimum atomic E-state index is -0.223.